The van der Waals surface area contributed by atoms with Gasteiger partial charge in [0.15, 0.2) is 6.04 Å². The molecule has 0 spiro atoms. The number of carbonyl (C=O) groups is 2. The van der Waals surface area contributed by atoms with Crippen molar-refractivity contribution < 1.29 is 27.9 Å². The first-order valence-electron chi connectivity index (χ1n) is 14.5. The van der Waals surface area contributed by atoms with Crippen molar-refractivity contribution in [3.05, 3.63) is 23.4 Å². The average Bonchev–Trinajstić information content (AvgIpc) is 3.85. The molecule has 1 unspecified atom stereocenters. The molecule has 2 amide bonds. The van der Waals surface area contributed by atoms with Crippen molar-refractivity contribution in [3.63, 3.8) is 0 Å². The molecule has 1 aromatic rings. The van der Waals surface area contributed by atoms with Crippen molar-refractivity contribution in [3.8, 4) is 0 Å². The van der Waals surface area contributed by atoms with E-state index in [0.717, 1.165) is 63.6 Å². The number of pyridine rings is 1. The summed E-state index contributed by atoms with van der Waals surface area (Å²) < 4.78 is 43.3. The molecular formula is C29H38F3N5O3S. The predicted octanol–water partition coefficient (Wildman–Crippen LogP) is 4.29. The third-order valence-electron chi connectivity index (χ3n) is 8.57. The van der Waals surface area contributed by atoms with Crippen molar-refractivity contribution >= 4 is 40.4 Å². The van der Waals surface area contributed by atoms with Crippen LogP contribution in [-0.2, 0) is 15.8 Å². The lowest BCUT2D eigenvalue weighted by Gasteiger charge is -2.27. The van der Waals surface area contributed by atoms with E-state index in [1.807, 2.05) is 0 Å². The number of amides is 2. The Hall–Kier alpha value is -2.60. The number of halogens is 3. The molecule has 41 heavy (non-hydrogen) atoms. The summed E-state index contributed by atoms with van der Waals surface area (Å²) in [6, 6.07) is -0.424. The van der Waals surface area contributed by atoms with Crippen LogP contribution in [0.3, 0.4) is 0 Å². The number of rotatable bonds is 11. The SMILES string of the molecule is CC(=NC(C(=O)N1C2CCC1CC2)C(=S)c1cnc(NC(C2CC2)C2CC2)cc1C(F)(F)F)C(=O)NCC(C)(C)O. The zero-order chi connectivity index (χ0) is 29.7. The molecule has 2 saturated heterocycles. The Morgan fingerprint density at radius 2 is 1.66 bits per heavy atom. The van der Waals surface area contributed by atoms with Crippen LogP contribution in [0.15, 0.2) is 17.3 Å². The van der Waals surface area contributed by atoms with Crippen LogP contribution in [0.4, 0.5) is 19.0 Å². The van der Waals surface area contributed by atoms with Gasteiger partial charge in [0.05, 0.1) is 21.7 Å². The van der Waals surface area contributed by atoms with Crippen LogP contribution in [0, 0.1) is 11.8 Å². The molecule has 2 bridgehead atoms. The highest BCUT2D eigenvalue weighted by Gasteiger charge is 2.47. The minimum absolute atomic E-state index is 0.00844. The summed E-state index contributed by atoms with van der Waals surface area (Å²) >= 11 is 5.58. The molecular weight excluding hydrogens is 555 g/mol. The van der Waals surface area contributed by atoms with Crippen LogP contribution >= 0.6 is 12.2 Å². The first-order chi connectivity index (χ1) is 19.2. The van der Waals surface area contributed by atoms with Gasteiger partial charge in [-0.1, -0.05) is 12.2 Å². The Balaban J connectivity index is 1.46. The van der Waals surface area contributed by atoms with E-state index < -0.39 is 35.2 Å². The highest BCUT2D eigenvalue weighted by molar-refractivity contribution is 7.81. The molecule has 0 radical (unpaired) electrons. The van der Waals surface area contributed by atoms with Gasteiger partial charge in [-0.25, -0.2) is 4.98 Å². The third-order valence-corrected chi connectivity index (χ3v) is 9.01. The predicted molar refractivity (Wildman–Crippen MR) is 153 cm³/mol. The van der Waals surface area contributed by atoms with Crippen molar-refractivity contribution in [2.75, 3.05) is 11.9 Å². The number of hydrogen-bond acceptors (Lipinski definition) is 7. The number of thiocarbonyl (C=S) groups is 1. The highest BCUT2D eigenvalue weighted by atomic mass is 32.1. The van der Waals surface area contributed by atoms with E-state index in [-0.39, 0.29) is 46.6 Å². The van der Waals surface area contributed by atoms with Gasteiger partial charge in [-0.05, 0) is 90.0 Å². The van der Waals surface area contributed by atoms with Crippen LogP contribution in [-0.4, -0.2) is 73.7 Å². The number of nitrogens with zero attached hydrogens (tertiary/aromatic N) is 3. The van der Waals surface area contributed by atoms with E-state index in [1.165, 1.54) is 20.8 Å². The minimum atomic E-state index is -4.75. The third kappa shape index (κ3) is 6.90. The Morgan fingerprint density at radius 1 is 1.10 bits per heavy atom. The summed E-state index contributed by atoms with van der Waals surface area (Å²) in [6.45, 7) is 4.35. The van der Waals surface area contributed by atoms with Gasteiger partial charge in [-0.3, -0.25) is 14.6 Å². The van der Waals surface area contributed by atoms with E-state index in [9.17, 15) is 27.9 Å². The molecule has 2 aliphatic heterocycles. The number of hydrogen-bond donors (Lipinski definition) is 3. The van der Waals surface area contributed by atoms with E-state index in [4.69, 9.17) is 12.2 Å². The van der Waals surface area contributed by atoms with Crippen LogP contribution in [0.5, 0.6) is 0 Å². The number of alkyl halides is 3. The molecule has 3 N–H and O–H groups in total. The van der Waals surface area contributed by atoms with Crippen LogP contribution in [0.25, 0.3) is 0 Å². The second kappa shape index (κ2) is 11.2. The number of carbonyl (C=O) groups excluding carboxylic acids is 2. The molecule has 2 saturated carbocycles. The molecule has 224 valence electrons. The Kier molecular flexibility index (Phi) is 8.19. The van der Waals surface area contributed by atoms with E-state index in [1.54, 1.807) is 4.90 Å². The summed E-state index contributed by atoms with van der Waals surface area (Å²) in [5.41, 5.74) is -2.66. The van der Waals surface area contributed by atoms with Crippen molar-refractivity contribution in [1.29, 1.82) is 0 Å². The van der Waals surface area contributed by atoms with Gasteiger partial charge in [-0.2, -0.15) is 13.2 Å². The topological polar surface area (TPSA) is 107 Å². The largest absolute Gasteiger partial charge is 0.417 e. The standard InChI is InChI=1S/C29H38F3N5O3S/c1-15(26(38)34-14-28(2,3)40)35-24(27(39)37-18-8-9-19(37)11-10-18)25(41)20-13-33-22(12-21(20)29(30,31)32)36-23(16-4-5-16)17-6-7-17/h12-13,16-19,23-24,40H,4-11,14H2,1-3H3,(H,33,36)(H,34,38). The Labute approximate surface area is 243 Å². The first kappa shape index (κ1) is 29.9. The number of nitrogens with one attached hydrogen (secondary N) is 2. The Morgan fingerprint density at radius 3 is 2.15 bits per heavy atom. The van der Waals surface area contributed by atoms with Gasteiger partial charge in [0.2, 0.25) is 0 Å². The Bertz CT molecular complexity index is 1210. The van der Waals surface area contributed by atoms with E-state index in [0.29, 0.717) is 11.8 Å². The lowest BCUT2D eigenvalue weighted by Crippen LogP contribution is -2.46. The van der Waals surface area contributed by atoms with Gasteiger partial charge in [-0.15, -0.1) is 0 Å². The van der Waals surface area contributed by atoms with Crippen LogP contribution in [0.2, 0.25) is 0 Å². The average molecular weight is 594 g/mol. The van der Waals surface area contributed by atoms with Gasteiger partial charge in [0.1, 0.15) is 5.82 Å². The molecule has 3 heterocycles. The summed E-state index contributed by atoms with van der Waals surface area (Å²) in [7, 11) is 0. The molecule has 2 aliphatic carbocycles. The van der Waals surface area contributed by atoms with Gasteiger partial charge in [0, 0.05) is 36.4 Å². The van der Waals surface area contributed by atoms with Gasteiger partial charge < -0.3 is 20.6 Å². The molecule has 12 heteroatoms. The normalized spacial score (nSPS) is 23.6. The number of aliphatic imine (C=N–C) groups is 1. The van der Waals surface area contributed by atoms with Crippen LogP contribution in [0.1, 0.15) is 83.3 Å². The van der Waals surface area contributed by atoms with Crippen molar-refractivity contribution in [1.82, 2.24) is 15.2 Å². The summed E-state index contributed by atoms with van der Waals surface area (Å²) in [6.07, 6.45) is 3.87. The zero-order valence-corrected chi connectivity index (χ0v) is 24.4. The zero-order valence-electron chi connectivity index (χ0n) is 23.6. The molecule has 0 aromatic carbocycles. The molecule has 4 aliphatic rings. The van der Waals surface area contributed by atoms with Crippen molar-refractivity contribution in [2.24, 2.45) is 16.8 Å². The lowest BCUT2D eigenvalue weighted by molar-refractivity contribution is -0.138. The second-order valence-corrected chi connectivity index (χ2v) is 13.1. The number of aromatic nitrogens is 1. The maximum atomic E-state index is 14.4. The molecule has 8 nitrogen and oxygen atoms in total. The molecule has 5 rings (SSSR count). The number of anilines is 1. The summed E-state index contributed by atoms with van der Waals surface area (Å²) in [4.78, 5) is 36.6. The number of fused-ring (bicyclic) bond motifs is 2. The maximum Gasteiger partial charge on any atom is 0.417 e. The maximum absolute atomic E-state index is 14.4. The van der Waals surface area contributed by atoms with Gasteiger partial charge in [0.25, 0.3) is 11.8 Å². The minimum Gasteiger partial charge on any atom is -0.389 e. The highest BCUT2D eigenvalue weighted by Crippen LogP contribution is 2.46. The number of aliphatic hydroxyl groups is 1. The van der Waals surface area contributed by atoms with E-state index in [2.05, 4.69) is 20.6 Å². The molecule has 4 fully saturated rings. The fraction of sp³-hybridized carbons (Fsp3) is 0.690. The van der Waals surface area contributed by atoms with Crippen LogP contribution < -0.4 is 10.6 Å². The smallest absolute Gasteiger partial charge is 0.389 e. The second-order valence-electron chi connectivity index (χ2n) is 12.6. The lowest BCUT2D eigenvalue weighted by atomic mass is 10.00. The van der Waals surface area contributed by atoms with Crippen molar-refractivity contribution in [2.45, 2.75) is 108 Å². The quantitative estimate of drug-likeness (QED) is 0.201. The molecule has 1 atom stereocenters. The first-order valence-corrected chi connectivity index (χ1v) is 14.9. The summed E-state index contributed by atoms with van der Waals surface area (Å²) in [5.74, 6) is -0.0856. The molecule has 1 aromatic heterocycles. The summed E-state index contributed by atoms with van der Waals surface area (Å²) in [5, 5.41) is 15.7. The van der Waals surface area contributed by atoms with E-state index >= 15 is 0 Å². The fourth-order valence-corrected chi connectivity index (χ4v) is 6.45. The fourth-order valence-electron chi connectivity index (χ4n) is 6.13. The monoisotopic (exact) mass is 593 g/mol. The van der Waals surface area contributed by atoms with Gasteiger partial charge >= 0.3 is 6.18 Å².